The van der Waals surface area contributed by atoms with Gasteiger partial charge in [0, 0.05) is 4.87 Å². The van der Waals surface area contributed by atoms with E-state index in [-0.39, 0.29) is 4.87 Å². The molecule has 8 rings (SSSR count). The van der Waals surface area contributed by atoms with Crippen molar-refractivity contribution in [2.45, 2.75) is 95.8 Å². The Labute approximate surface area is 147 Å². The van der Waals surface area contributed by atoms with Crippen LogP contribution in [0.25, 0.3) is 0 Å². The molecule has 6 atom stereocenters. The summed E-state index contributed by atoms with van der Waals surface area (Å²) >= 11 is 7.28. The Kier molecular flexibility index (Phi) is 2.41. The lowest BCUT2D eigenvalue weighted by molar-refractivity contribution is -0.228. The summed E-state index contributed by atoms with van der Waals surface area (Å²) in [4.78, 5) is 0.179. The van der Waals surface area contributed by atoms with Gasteiger partial charge in [0.2, 0.25) is 0 Å². The zero-order valence-corrected chi connectivity index (χ0v) is 15.9. The Morgan fingerprint density at radius 2 is 1.22 bits per heavy atom. The normalized spacial score (nSPS) is 68.7. The van der Waals surface area contributed by atoms with Crippen molar-refractivity contribution in [3.63, 3.8) is 0 Å². The van der Waals surface area contributed by atoms with Crippen molar-refractivity contribution in [1.29, 1.82) is 0 Å². The van der Waals surface area contributed by atoms with Crippen LogP contribution in [0.15, 0.2) is 0 Å². The second-order valence-electron chi connectivity index (χ2n) is 12.3. The lowest BCUT2D eigenvalue weighted by Gasteiger charge is -2.74. The van der Waals surface area contributed by atoms with Gasteiger partial charge >= 0.3 is 0 Å². The molecule has 0 N–H and O–H groups in total. The maximum absolute atomic E-state index is 7.28. The van der Waals surface area contributed by atoms with Gasteiger partial charge in [-0.1, -0.05) is 13.8 Å². The first kappa shape index (κ1) is 14.5. The van der Waals surface area contributed by atoms with Crippen LogP contribution in [-0.4, -0.2) is 4.87 Å². The molecule has 8 fully saturated rings. The van der Waals surface area contributed by atoms with Gasteiger partial charge in [-0.05, 0) is 116 Å². The lowest BCUT2D eigenvalue weighted by Crippen LogP contribution is -2.66. The molecule has 0 nitrogen and oxygen atoms in total. The fraction of sp³-hybridized carbons (Fsp3) is 1.00. The van der Waals surface area contributed by atoms with E-state index in [0.29, 0.717) is 21.7 Å². The van der Waals surface area contributed by atoms with Crippen molar-refractivity contribution in [3.05, 3.63) is 0 Å². The van der Waals surface area contributed by atoms with Crippen molar-refractivity contribution in [2.75, 3.05) is 0 Å². The standard InChI is InChI=1S/C22H33Cl/c1-18-4-15-3-16(5-18)8-20(7-15,11-18)21-9-17-6-19(2,12-21)13-22(23,10-17)14-21/h15-17H,3-14H2,1-2H3. The maximum Gasteiger partial charge on any atom is 0.0460 e. The van der Waals surface area contributed by atoms with E-state index in [9.17, 15) is 0 Å². The first-order valence-corrected chi connectivity index (χ1v) is 10.8. The monoisotopic (exact) mass is 332 g/mol. The molecule has 0 heterocycles. The average Bonchev–Trinajstić information content (AvgIpc) is 2.30. The summed E-state index contributed by atoms with van der Waals surface area (Å²) in [6.45, 7) is 5.25. The maximum atomic E-state index is 7.28. The Hall–Kier alpha value is 0.290. The quantitative estimate of drug-likeness (QED) is 0.477. The second kappa shape index (κ2) is 3.84. The van der Waals surface area contributed by atoms with Crippen LogP contribution in [0.1, 0.15) is 90.9 Å². The molecule has 1 heteroatoms. The van der Waals surface area contributed by atoms with Gasteiger partial charge in [-0.3, -0.25) is 0 Å². The van der Waals surface area contributed by atoms with Crippen molar-refractivity contribution in [3.8, 4) is 0 Å². The summed E-state index contributed by atoms with van der Waals surface area (Å²) in [5, 5.41) is 0. The third-order valence-electron chi connectivity index (χ3n) is 9.76. The molecular weight excluding hydrogens is 300 g/mol. The number of rotatable bonds is 1. The number of halogens is 1. The van der Waals surface area contributed by atoms with Gasteiger partial charge in [-0.25, -0.2) is 0 Å². The van der Waals surface area contributed by atoms with Gasteiger partial charge in [0.1, 0.15) is 0 Å². The molecule has 0 saturated heterocycles. The molecule has 0 radical (unpaired) electrons. The van der Waals surface area contributed by atoms with E-state index >= 15 is 0 Å². The van der Waals surface area contributed by atoms with E-state index in [1.807, 2.05) is 0 Å². The van der Waals surface area contributed by atoms with Gasteiger partial charge in [-0.2, -0.15) is 0 Å². The molecule has 0 aliphatic heterocycles. The summed E-state index contributed by atoms with van der Waals surface area (Å²) in [6.07, 6.45) is 18.0. The van der Waals surface area contributed by atoms with Crippen LogP contribution in [0.4, 0.5) is 0 Å². The fourth-order valence-electron chi connectivity index (χ4n) is 10.7. The zero-order chi connectivity index (χ0) is 15.7. The lowest BCUT2D eigenvalue weighted by atomic mass is 9.31. The van der Waals surface area contributed by atoms with Gasteiger partial charge in [-0.15, -0.1) is 11.6 Å². The minimum atomic E-state index is 0.179. The predicted molar refractivity (Wildman–Crippen MR) is 95.5 cm³/mol. The van der Waals surface area contributed by atoms with E-state index in [1.165, 1.54) is 32.1 Å². The summed E-state index contributed by atoms with van der Waals surface area (Å²) < 4.78 is 0. The first-order chi connectivity index (χ1) is 10.7. The van der Waals surface area contributed by atoms with E-state index in [0.717, 1.165) is 17.8 Å². The Balaban J connectivity index is 1.48. The highest BCUT2D eigenvalue weighted by molar-refractivity contribution is 6.24. The van der Waals surface area contributed by atoms with Crippen LogP contribution >= 0.6 is 11.6 Å². The third-order valence-corrected chi connectivity index (χ3v) is 10.2. The van der Waals surface area contributed by atoms with Crippen LogP contribution in [0.5, 0.6) is 0 Å². The van der Waals surface area contributed by atoms with E-state index in [2.05, 4.69) is 13.8 Å². The van der Waals surface area contributed by atoms with Gasteiger partial charge in [0.25, 0.3) is 0 Å². The van der Waals surface area contributed by atoms with E-state index in [1.54, 1.807) is 44.9 Å². The molecule has 0 aromatic carbocycles. The van der Waals surface area contributed by atoms with Crippen LogP contribution in [0, 0.1) is 39.4 Å². The van der Waals surface area contributed by atoms with Crippen molar-refractivity contribution in [1.82, 2.24) is 0 Å². The van der Waals surface area contributed by atoms with E-state index < -0.39 is 0 Å². The Morgan fingerprint density at radius 3 is 1.83 bits per heavy atom. The van der Waals surface area contributed by atoms with Crippen LogP contribution in [-0.2, 0) is 0 Å². The van der Waals surface area contributed by atoms with Crippen molar-refractivity contribution >= 4 is 11.6 Å². The Bertz CT molecular complexity index is 545. The summed E-state index contributed by atoms with van der Waals surface area (Å²) in [6, 6.07) is 0. The van der Waals surface area contributed by atoms with Gasteiger partial charge < -0.3 is 0 Å². The molecule has 6 unspecified atom stereocenters. The molecule has 8 aliphatic carbocycles. The highest BCUT2D eigenvalue weighted by atomic mass is 35.5. The molecule has 0 aromatic heterocycles. The second-order valence-corrected chi connectivity index (χ2v) is 13.1. The van der Waals surface area contributed by atoms with Crippen molar-refractivity contribution in [2.24, 2.45) is 39.4 Å². The first-order valence-electron chi connectivity index (χ1n) is 10.4. The summed E-state index contributed by atoms with van der Waals surface area (Å²) in [5.41, 5.74) is 2.58. The molecule has 23 heavy (non-hydrogen) atoms. The number of alkyl halides is 1. The molecular formula is C22H33Cl. The highest BCUT2D eigenvalue weighted by Crippen LogP contribution is 2.79. The van der Waals surface area contributed by atoms with Crippen LogP contribution < -0.4 is 0 Å². The van der Waals surface area contributed by atoms with Crippen LogP contribution in [0.3, 0.4) is 0 Å². The smallest absolute Gasteiger partial charge is 0.0460 e. The topological polar surface area (TPSA) is 0 Å². The van der Waals surface area contributed by atoms with Gasteiger partial charge in [0.05, 0.1) is 0 Å². The van der Waals surface area contributed by atoms with Gasteiger partial charge in [0.15, 0.2) is 0 Å². The minimum Gasteiger partial charge on any atom is -0.119 e. The summed E-state index contributed by atoms with van der Waals surface area (Å²) in [5.74, 6) is 3.08. The summed E-state index contributed by atoms with van der Waals surface area (Å²) in [7, 11) is 0. The number of hydrogen-bond donors (Lipinski definition) is 0. The van der Waals surface area contributed by atoms with Crippen molar-refractivity contribution < 1.29 is 0 Å². The van der Waals surface area contributed by atoms with Crippen LogP contribution in [0.2, 0.25) is 0 Å². The fourth-order valence-corrected chi connectivity index (χ4v) is 11.5. The average molecular weight is 333 g/mol. The molecule has 8 aliphatic rings. The zero-order valence-electron chi connectivity index (χ0n) is 15.1. The SMILES string of the molecule is CC12CC3CC(C1)CC(C14CC5CC(C)(CC(Cl)(C5)C1)C4)(C3)C2. The molecule has 8 bridgehead atoms. The predicted octanol–water partition coefficient (Wildman–Crippen LogP) is 6.56. The molecule has 0 spiro atoms. The minimum absolute atomic E-state index is 0.179. The number of hydrogen-bond acceptors (Lipinski definition) is 0. The third kappa shape index (κ3) is 1.76. The largest absolute Gasteiger partial charge is 0.119 e. The molecule has 0 aromatic rings. The molecule has 128 valence electrons. The molecule has 8 saturated carbocycles. The highest BCUT2D eigenvalue weighted by Gasteiger charge is 2.70. The molecule has 0 amide bonds. The Morgan fingerprint density at radius 1 is 0.609 bits per heavy atom. The van der Waals surface area contributed by atoms with E-state index in [4.69, 9.17) is 11.6 Å².